The molecule has 6 heteroatoms. The van der Waals surface area contributed by atoms with Gasteiger partial charge in [-0.25, -0.2) is 0 Å². The van der Waals surface area contributed by atoms with E-state index in [2.05, 4.69) is 23.2 Å². The summed E-state index contributed by atoms with van der Waals surface area (Å²) in [4.78, 5) is 34.7. The second-order valence-corrected chi connectivity index (χ2v) is 9.58. The van der Waals surface area contributed by atoms with Crippen LogP contribution in [0.3, 0.4) is 0 Å². The van der Waals surface area contributed by atoms with Crippen LogP contribution in [-0.2, 0) is 22.4 Å². The highest BCUT2D eigenvalue weighted by Gasteiger charge is 2.48. The van der Waals surface area contributed by atoms with Crippen molar-refractivity contribution < 1.29 is 14.3 Å². The van der Waals surface area contributed by atoms with E-state index >= 15 is 0 Å². The molecule has 1 aromatic heterocycles. The predicted octanol–water partition coefficient (Wildman–Crippen LogP) is 4.49. The summed E-state index contributed by atoms with van der Waals surface area (Å²) in [6, 6.07) is 25.2. The van der Waals surface area contributed by atoms with Gasteiger partial charge in [0.2, 0.25) is 11.8 Å². The van der Waals surface area contributed by atoms with Crippen LogP contribution in [0.15, 0.2) is 78.9 Å². The first-order valence-corrected chi connectivity index (χ1v) is 12.5. The summed E-state index contributed by atoms with van der Waals surface area (Å²) in [6.45, 7) is 0.676. The molecule has 1 saturated heterocycles. The molecular weight excluding hydrogens is 450 g/mol. The number of rotatable bonds is 6. The summed E-state index contributed by atoms with van der Waals surface area (Å²) in [5.41, 5.74) is 5.22. The number of ether oxygens (including phenoxy) is 1. The number of aromatic amines is 1. The minimum Gasteiger partial charge on any atom is -0.496 e. The van der Waals surface area contributed by atoms with Crippen LogP contribution in [0.2, 0.25) is 0 Å². The Hall–Kier alpha value is -4.06. The monoisotopic (exact) mass is 479 g/mol. The topological polar surface area (TPSA) is 65.6 Å². The number of amides is 2. The summed E-state index contributed by atoms with van der Waals surface area (Å²) in [7, 11) is 1.64. The molecule has 0 bridgehead atoms. The highest BCUT2D eigenvalue weighted by Crippen LogP contribution is 2.44. The molecule has 3 aromatic carbocycles. The molecule has 2 amide bonds. The lowest BCUT2D eigenvalue weighted by atomic mass is 9.86. The summed E-state index contributed by atoms with van der Waals surface area (Å²) in [6.07, 6.45) is 2.21. The summed E-state index contributed by atoms with van der Waals surface area (Å²) < 4.78 is 5.70. The minimum absolute atomic E-state index is 0.0264. The van der Waals surface area contributed by atoms with Crippen molar-refractivity contribution in [3.63, 3.8) is 0 Å². The Morgan fingerprint density at radius 3 is 2.53 bits per heavy atom. The third kappa shape index (κ3) is 3.73. The van der Waals surface area contributed by atoms with Crippen molar-refractivity contribution in [1.82, 2.24) is 14.8 Å². The van der Waals surface area contributed by atoms with Gasteiger partial charge in [0.1, 0.15) is 17.8 Å². The molecule has 0 radical (unpaired) electrons. The van der Waals surface area contributed by atoms with E-state index in [0.29, 0.717) is 18.7 Å². The summed E-state index contributed by atoms with van der Waals surface area (Å²) in [5.74, 6) is 0.705. The molecule has 36 heavy (non-hydrogen) atoms. The number of methoxy groups -OCH3 is 1. The molecule has 0 spiro atoms. The molecule has 6 nitrogen and oxygen atoms in total. The summed E-state index contributed by atoms with van der Waals surface area (Å²) >= 11 is 0. The Morgan fingerprint density at radius 1 is 0.944 bits per heavy atom. The third-order valence-corrected chi connectivity index (χ3v) is 7.51. The van der Waals surface area contributed by atoms with Gasteiger partial charge in [0.05, 0.1) is 13.7 Å². The Bertz CT molecular complexity index is 1430. The van der Waals surface area contributed by atoms with Crippen LogP contribution < -0.4 is 4.74 Å². The van der Waals surface area contributed by atoms with E-state index in [9.17, 15) is 9.59 Å². The maximum Gasteiger partial charge on any atom is 0.246 e. The molecule has 1 N–H and O–H groups in total. The number of benzene rings is 3. The number of hydrogen-bond donors (Lipinski definition) is 1. The first kappa shape index (κ1) is 22.4. The molecule has 6 rings (SSSR count). The lowest BCUT2D eigenvalue weighted by Crippen LogP contribution is -2.63. The van der Waals surface area contributed by atoms with E-state index in [4.69, 9.17) is 4.74 Å². The van der Waals surface area contributed by atoms with E-state index in [1.54, 1.807) is 16.9 Å². The van der Waals surface area contributed by atoms with Crippen LogP contribution in [0.5, 0.6) is 5.75 Å². The number of aryl methyl sites for hydroxylation is 1. The first-order valence-electron chi connectivity index (χ1n) is 12.5. The minimum atomic E-state index is -0.537. The van der Waals surface area contributed by atoms with Crippen molar-refractivity contribution >= 4 is 22.7 Å². The van der Waals surface area contributed by atoms with Crippen LogP contribution in [0.4, 0.5) is 0 Å². The van der Waals surface area contributed by atoms with Gasteiger partial charge >= 0.3 is 0 Å². The third-order valence-electron chi connectivity index (χ3n) is 7.51. The van der Waals surface area contributed by atoms with Crippen molar-refractivity contribution in [2.24, 2.45) is 0 Å². The zero-order chi connectivity index (χ0) is 24.6. The maximum absolute atomic E-state index is 13.8. The standard InChI is InChI=1S/C30H29N3O3/c1-36-26-16-8-6-14-22(26)29-28-23(21-13-5-7-15-24(21)31-28)18-25-30(35)32(19-27(34)33(25)29)17-9-12-20-10-3-2-4-11-20/h2-8,10-11,13-16,25,29,31H,9,12,17-19H2,1H3/t25-,29?/m0/s1. The number of para-hydroxylation sites is 2. The van der Waals surface area contributed by atoms with Crippen LogP contribution in [0.25, 0.3) is 10.9 Å². The Balaban J connectivity index is 1.37. The number of carbonyl (C=O) groups is 2. The first-order chi connectivity index (χ1) is 17.7. The molecule has 0 aliphatic carbocycles. The number of piperazine rings is 1. The second kappa shape index (κ2) is 9.19. The Labute approximate surface area is 210 Å². The van der Waals surface area contributed by atoms with Gasteiger partial charge in [-0.1, -0.05) is 66.7 Å². The van der Waals surface area contributed by atoms with Gasteiger partial charge in [0.15, 0.2) is 0 Å². The number of fused-ring (bicyclic) bond motifs is 4. The van der Waals surface area contributed by atoms with E-state index in [0.717, 1.165) is 40.6 Å². The molecule has 1 unspecified atom stereocenters. The smallest absolute Gasteiger partial charge is 0.246 e. The predicted molar refractivity (Wildman–Crippen MR) is 139 cm³/mol. The number of nitrogens with one attached hydrogen (secondary N) is 1. The molecule has 2 aliphatic rings. The van der Waals surface area contributed by atoms with Gasteiger partial charge in [-0.3, -0.25) is 9.59 Å². The second-order valence-electron chi connectivity index (χ2n) is 9.58. The number of carbonyl (C=O) groups excluding carboxylic acids is 2. The fourth-order valence-electron chi connectivity index (χ4n) is 5.85. The largest absolute Gasteiger partial charge is 0.496 e. The number of hydrogen-bond acceptors (Lipinski definition) is 3. The summed E-state index contributed by atoms with van der Waals surface area (Å²) in [5, 5.41) is 1.11. The molecular formula is C30H29N3O3. The number of aromatic nitrogens is 1. The molecule has 4 aromatic rings. The van der Waals surface area contributed by atoms with E-state index in [-0.39, 0.29) is 18.4 Å². The van der Waals surface area contributed by atoms with Crippen LogP contribution in [0, 0.1) is 0 Å². The highest BCUT2D eigenvalue weighted by atomic mass is 16.5. The van der Waals surface area contributed by atoms with Crippen LogP contribution in [-0.4, -0.2) is 52.8 Å². The zero-order valence-electron chi connectivity index (χ0n) is 20.3. The molecule has 3 heterocycles. The SMILES string of the molecule is COc1ccccc1C1c2[nH]c3ccccc3c2C[C@H]2C(=O)N(CCCc3ccccc3)CC(=O)N12. The maximum atomic E-state index is 13.8. The average Bonchev–Trinajstić information content (AvgIpc) is 3.29. The molecule has 2 atom stereocenters. The average molecular weight is 480 g/mol. The van der Waals surface area contributed by atoms with Crippen molar-refractivity contribution in [3.8, 4) is 5.75 Å². The van der Waals surface area contributed by atoms with E-state index in [1.165, 1.54) is 5.56 Å². The lowest BCUT2D eigenvalue weighted by molar-refractivity contribution is -0.158. The quantitative estimate of drug-likeness (QED) is 0.443. The normalized spacial score (nSPS) is 19.4. The fraction of sp³-hybridized carbons (Fsp3) is 0.267. The lowest BCUT2D eigenvalue weighted by Gasteiger charge is -2.47. The Morgan fingerprint density at radius 2 is 1.69 bits per heavy atom. The van der Waals surface area contributed by atoms with Crippen molar-refractivity contribution in [2.45, 2.75) is 31.3 Å². The van der Waals surface area contributed by atoms with Gasteiger partial charge < -0.3 is 19.5 Å². The zero-order valence-corrected chi connectivity index (χ0v) is 20.3. The van der Waals surface area contributed by atoms with E-state index < -0.39 is 12.1 Å². The number of H-pyrrole nitrogens is 1. The van der Waals surface area contributed by atoms with Gasteiger partial charge in [0.25, 0.3) is 0 Å². The van der Waals surface area contributed by atoms with Gasteiger partial charge in [-0.2, -0.15) is 0 Å². The van der Waals surface area contributed by atoms with Gasteiger partial charge in [0, 0.05) is 35.1 Å². The van der Waals surface area contributed by atoms with Gasteiger partial charge in [-0.15, -0.1) is 0 Å². The highest BCUT2D eigenvalue weighted by molar-refractivity contribution is 5.97. The molecule has 2 aliphatic heterocycles. The number of nitrogens with zero attached hydrogens (tertiary/aromatic N) is 2. The van der Waals surface area contributed by atoms with Crippen molar-refractivity contribution in [3.05, 3.63) is 101 Å². The van der Waals surface area contributed by atoms with Crippen LogP contribution >= 0.6 is 0 Å². The fourth-order valence-corrected chi connectivity index (χ4v) is 5.85. The van der Waals surface area contributed by atoms with Gasteiger partial charge in [-0.05, 0) is 36.1 Å². The molecule has 1 fully saturated rings. The van der Waals surface area contributed by atoms with E-state index in [1.807, 2.05) is 60.7 Å². The van der Waals surface area contributed by atoms with Crippen molar-refractivity contribution in [2.75, 3.05) is 20.2 Å². The molecule has 0 saturated carbocycles. The Kier molecular flexibility index (Phi) is 5.72. The van der Waals surface area contributed by atoms with Crippen LogP contribution in [0.1, 0.15) is 34.8 Å². The van der Waals surface area contributed by atoms with Crippen molar-refractivity contribution in [1.29, 1.82) is 0 Å². The molecule has 182 valence electrons.